The summed E-state index contributed by atoms with van der Waals surface area (Å²) in [5.74, 6) is -1.27. The SMILES string of the molecule is CCOC(=O)C1=C(c2ccccc2)Nc2nc(SC)[nH]c(=O)c2C1c1cccc([N+](=O)[O-])c1. The van der Waals surface area contributed by atoms with E-state index >= 15 is 0 Å². The zero-order chi connectivity index (χ0) is 23.5. The molecule has 2 aromatic carbocycles. The Kier molecular flexibility index (Phi) is 6.27. The molecule has 1 aliphatic rings. The van der Waals surface area contributed by atoms with Crippen molar-refractivity contribution < 1.29 is 14.5 Å². The Morgan fingerprint density at radius 1 is 1.21 bits per heavy atom. The second-order valence-electron chi connectivity index (χ2n) is 7.12. The van der Waals surface area contributed by atoms with Crippen LogP contribution in [0.2, 0.25) is 0 Å². The van der Waals surface area contributed by atoms with Crippen LogP contribution >= 0.6 is 11.8 Å². The van der Waals surface area contributed by atoms with Gasteiger partial charge in [0.25, 0.3) is 11.2 Å². The van der Waals surface area contributed by atoms with Crippen molar-refractivity contribution in [2.75, 3.05) is 18.2 Å². The fourth-order valence-electron chi connectivity index (χ4n) is 3.81. The highest BCUT2D eigenvalue weighted by molar-refractivity contribution is 7.98. The van der Waals surface area contributed by atoms with E-state index in [4.69, 9.17) is 4.74 Å². The van der Waals surface area contributed by atoms with E-state index in [9.17, 15) is 19.7 Å². The Morgan fingerprint density at radius 2 is 1.97 bits per heavy atom. The van der Waals surface area contributed by atoms with E-state index in [1.807, 2.05) is 30.3 Å². The first kappa shape index (κ1) is 22.3. The number of carbonyl (C=O) groups is 1. The molecule has 1 atom stereocenters. The molecule has 1 aromatic heterocycles. The van der Waals surface area contributed by atoms with Crippen molar-refractivity contribution in [2.24, 2.45) is 0 Å². The van der Waals surface area contributed by atoms with E-state index in [0.717, 1.165) is 0 Å². The molecule has 2 heterocycles. The number of esters is 1. The minimum Gasteiger partial charge on any atom is -0.463 e. The number of anilines is 1. The number of rotatable bonds is 6. The molecule has 2 N–H and O–H groups in total. The first-order chi connectivity index (χ1) is 15.9. The highest BCUT2D eigenvalue weighted by Crippen LogP contribution is 2.43. The Bertz CT molecular complexity index is 1320. The van der Waals surface area contributed by atoms with Gasteiger partial charge in [-0.2, -0.15) is 0 Å². The van der Waals surface area contributed by atoms with Crippen LogP contribution in [-0.4, -0.2) is 33.7 Å². The fraction of sp³-hybridized carbons (Fsp3) is 0.174. The van der Waals surface area contributed by atoms with Gasteiger partial charge < -0.3 is 15.0 Å². The van der Waals surface area contributed by atoms with Crippen LogP contribution in [0.1, 0.15) is 29.5 Å². The number of non-ortho nitro benzene ring substituents is 1. The molecule has 168 valence electrons. The molecule has 0 saturated carbocycles. The molecule has 0 amide bonds. The summed E-state index contributed by atoms with van der Waals surface area (Å²) in [5.41, 5.74) is 1.31. The van der Waals surface area contributed by atoms with Crippen LogP contribution in [0.3, 0.4) is 0 Å². The number of hydrogen-bond acceptors (Lipinski definition) is 8. The maximum atomic E-state index is 13.2. The zero-order valence-corrected chi connectivity index (χ0v) is 18.6. The van der Waals surface area contributed by atoms with Crippen molar-refractivity contribution in [1.29, 1.82) is 0 Å². The number of aromatic amines is 1. The summed E-state index contributed by atoms with van der Waals surface area (Å²) >= 11 is 1.27. The molecule has 0 aliphatic carbocycles. The average Bonchev–Trinajstić information content (AvgIpc) is 2.83. The van der Waals surface area contributed by atoms with Gasteiger partial charge in [-0.05, 0) is 24.3 Å². The lowest BCUT2D eigenvalue weighted by atomic mass is 9.81. The molecule has 0 saturated heterocycles. The Hall–Kier alpha value is -3.92. The molecule has 4 rings (SSSR count). The number of hydrogen-bond donors (Lipinski definition) is 2. The smallest absolute Gasteiger partial charge is 0.337 e. The zero-order valence-electron chi connectivity index (χ0n) is 17.8. The van der Waals surface area contributed by atoms with Crippen LogP contribution in [0.15, 0.2) is 70.1 Å². The molecule has 0 radical (unpaired) electrons. The van der Waals surface area contributed by atoms with E-state index in [1.165, 1.54) is 30.0 Å². The van der Waals surface area contributed by atoms with E-state index < -0.39 is 22.4 Å². The molecule has 3 aromatic rings. The van der Waals surface area contributed by atoms with Gasteiger partial charge in [-0.3, -0.25) is 14.9 Å². The highest BCUT2D eigenvalue weighted by atomic mass is 32.2. The molecule has 0 spiro atoms. The normalized spacial score (nSPS) is 14.9. The van der Waals surface area contributed by atoms with E-state index in [-0.39, 0.29) is 29.2 Å². The van der Waals surface area contributed by atoms with Gasteiger partial charge in [-0.1, -0.05) is 54.2 Å². The van der Waals surface area contributed by atoms with Crippen molar-refractivity contribution >= 4 is 34.9 Å². The molecule has 0 bridgehead atoms. The Morgan fingerprint density at radius 3 is 2.64 bits per heavy atom. The number of carbonyl (C=O) groups excluding carboxylic acids is 1. The third kappa shape index (κ3) is 4.24. The van der Waals surface area contributed by atoms with Gasteiger partial charge in [-0.15, -0.1) is 0 Å². The summed E-state index contributed by atoms with van der Waals surface area (Å²) in [7, 11) is 0. The first-order valence-electron chi connectivity index (χ1n) is 10.1. The largest absolute Gasteiger partial charge is 0.463 e. The quantitative estimate of drug-likeness (QED) is 0.185. The first-order valence-corrected chi connectivity index (χ1v) is 11.3. The maximum absolute atomic E-state index is 13.2. The number of nitrogens with zero attached hydrogens (tertiary/aromatic N) is 2. The van der Waals surface area contributed by atoms with Crippen LogP contribution in [0.25, 0.3) is 5.70 Å². The number of aromatic nitrogens is 2. The van der Waals surface area contributed by atoms with Gasteiger partial charge in [0.1, 0.15) is 5.82 Å². The lowest BCUT2D eigenvalue weighted by molar-refractivity contribution is -0.384. The summed E-state index contributed by atoms with van der Waals surface area (Å²) in [6.45, 7) is 1.81. The van der Waals surface area contributed by atoms with Crippen molar-refractivity contribution in [3.05, 3.63) is 97.3 Å². The standard InChI is InChI=1S/C23H20N4O5S/c1-3-32-22(29)17-16(14-10-7-11-15(12-14)27(30)31)18-20(25-23(33-2)26-21(18)28)24-19(17)13-8-5-4-6-9-13/h4-12,16H,3H2,1-2H3,(H2,24,25,26,28). The monoisotopic (exact) mass is 464 g/mol. The van der Waals surface area contributed by atoms with Crippen LogP contribution in [0.5, 0.6) is 0 Å². The van der Waals surface area contributed by atoms with E-state index in [1.54, 1.807) is 19.2 Å². The summed E-state index contributed by atoms with van der Waals surface area (Å²) in [6, 6.07) is 15.0. The topological polar surface area (TPSA) is 127 Å². The number of benzene rings is 2. The molecule has 1 unspecified atom stereocenters. The van der Waals surface area contributed by atoms with Crippen molar-refractivity contribution in [1.82, 2.24) is 9.97 Å². The molecule has 9 nitrogen and oxygen atoms in total. The van der Waals surface area contributed by atoms with Gasteiger partial charge >= 0.3 is 5.97 Å². The number of fused-ring (bicyclic) bond motifs is 1. The molecular formula is C23H20N4O5S. The van der Waals surface area contributed by atoms with Crippen molar-refractivity contribution in [2.45, 2.75) is 18.0 Å². The van der Waals surface area contributed by atoms with Gasteiger partial charge in [0, 0.05) is 12.1 Å². The maximum Gasteiger partial charge on any atom is 0.337 e. The number of thioether (sulfide) groups is 1. The van der Waals surface area contributed by atoms with E-state index in [0.29, 0.717) is 22.0 Å². The number of ether oxygens (including phenoxy) is 1. The Labute approximate surface area is 193 Å². The summed E-state index contributed by atoms with van der Waals surface area (Å²) < 4.78 is 5.35. The van der Waals surface area contributed by atoms with Crippen LogP contribution in [-0.2, 0) is 9.53 Å². The molecule has 33 heavy (non-hydrogen) atoms. The van der Waals surface area contributed by atoms with E-state index in [2.05, 4.69) is 15.3 Å². The summed E-state index contributed by atoms with van der Waals surface area (Å²) in [6.07, 6.45) is 1.78. The van der Waals surface area contributed by atoms with Gasteiger partial charge in [-0.25, -0.2) is 9.78 Å². The van der Waals surface area contributed by atoms with Gasteiger partial charge in [0.05, 0.1) is 34.3 Å². The number of H-pyrrole nitrogens is 1. The number of nitrogens with one attached hydrogen (secondary N) is 2. The number of nitro benzene ring substituents is 1. The van der Waals surface area contributed by atoms with Gasteiger partial charge in [0.2, 0.25) is 0 Å². The predicted molar refractivity (Wildman–Crippen MR) is 125 cm³/mol. The van der Waals surface area contributed by atoms with Gasteiger partial charge in [0.15, 0.2) is 5.16 Å². The summed E-state index contributed by atoms with van der Waals surface area (Å²) in [5, 5.41) is 15.0. The minimum absolute atomic E-state index is 0.124. The van der Waals surface area contributed by atoms with Crippen molar-refractivity contribution in [3.8, 4) is 0 Å². The fourth-order valence-corrected chi connectivity index (χ4v) is 4.19. The highest BCUT2D eigenvalue weighted by Gasteiger charge is 2.38. The predicted octanol–water partition coefficient (Wildman–Crippen LogP) is 3.93. The molecule has 10 heteroatoms. The third-order valence-corrected chi connectivity index (χ3v) is 5.77. The summed E-state index contributed by atoms with van der Waals surface area (Å²) in [4.78, 5) is 44.6. The van der Waals surface area contributed by atoms with Crippen LogP contribution < -0.4 is 10.9 Å². The third-order valence-electron chi connectivity index (χ3n) is 5.19. The second kappa shape index (κ2) is 9.29. The number of nitro groups is 1. The average molecular weight is 465 g/mol. The lowest BCUT2D eigenvalue weighted by Crippen LogP contribution is -2.31. The van der Waals surface area contributed by atoms with Crippen LogP contribution in [0, 0.1) is 10.1 Å². The van der Waals surface area contributed by atoms with Crippen molar-refractivity contribution in [3.63, 3.8) is 0 Å². The minimum atomic E-state index is -0.928. The lowest BCUT2D eigenvalue weighted by Gasteiger charge is -2.30. The van der Waals surface area contributed by atoms with Crippen LogP contribution in [0.4, 0.5) is 11.5 Å². The molecule has 1 aliphatic heterocycles. The molecular weight excluding hydrogens is 444 g/mol. The Balaban J connectivity index is 2.07. The molecule has 0 fully saturated rings. The second-order valence-corrected chi connectivity index (χ2v) is 7.92.